The lowest BCUT2D eigenvalue weighted by Crippen LogP contribution is -2.47. The molecule has 0 aliphatic rings. The van der Waals surface area contributed by atoms with Crippen LogP contribution < -0.4 is 0 Å². The van der Waals surface area contributed by atoms with E-state index in [1.807, 2.05) is 41.1 Å². The molecular formula is C19H25N3O4. The van der Waals surface area contributed by atoms with Crippen LogP contribution in [0.25, 0.3) is 0 Å². The number of carbonyl (C=O) groups excluding carboxylic acids is 2. The number of methoxy groups -OCH3 is 1. The summed E-state index contributed by atoms with van der Waals surface area (Å²) in [5.74, 6) is -0.488. The first-order valence-corrected chi connectivity index (χ1v) is 8.64. The molecule has 0 unspecified atom stereocenters. The summed E-state index contributed by atoms with van der Waals surface area (Å²) in [7, 11) is 1.31. The van der Waals surface area contributed by atoms with Crippen molar-refractivity contribution in [1.29, 1.82) is 0 Å². The Morgan fingerprint density at radius 2 is 1.96 bits per heavy atom. The molecule has 26 heavy (non-hydrogen) atoms. The molecule has 1 aromatic carbocycles. The lowest BCUT2D eigenvalue weighted by molar-refractivity contribution is -0.146. The van der Waals surface area contributed by atoms with Gasteiger partial charge in [-0.15, -0.1) is 0 Å². The smallest absolute Gasteiger partial charge is 0.410 e. The molecule has 1 heterocycles. The number of esters is 1. The molecule has 140 valence electrons. The number of amides is 1. The second-order valence-corrected chi connectivity index (χ2v) is 5.75. The molecule has 1 atom stereocenters. The molecule has 2 aromatic rings. The van der Waals surface area contributed by atoms with Crippen molar-refractivity contribution in [1.82, 2.24) is 14.5 Å². The zero-order valence-electron chi connectivity index (χ0n) is 15.4. The van der Waals surface area contributed by atoms with Gasteiger partial charge in [-0.05, 0) is 19.4 Å². The van der Waals surface area contributed by atoms with Crippen molar-refractivity contribution in [3.05, 3.63) is 54.1 Å². The molecule has 0 saturated heterocycles. The fraction of sp³-hybridized carbons (Fsp3) is 0.421. The van der Waals surface area contributed by atoms with E-state index < -0.39 is 18.1 Å². The summed E-state index contributed by atoms with van der Waals surface area (Å²) in [4.78, 5) is 30.1. The largest absolute Gasteiger partial charge is 0.467 e. The summed E-state index contributed by atoms with van der Waals surface area (Å²) in [5.41, 5.74) is 1.86. The number of rotatable bonds is 8. The molecule has 0 saturated carbocycles. The Bertz CT molecular complexity index is 715. The monoisotopic (exact) mass is 359 g/mol. The summed E-state index contributed by atoms with van der Waals surface area (Å²) in [6.07, 6.45) is 3.33. The third-order valence-corrected chi connectivity index (χ3v) is 3.99. The molecule has 0 fully saturated rings. The SMILES string of the molecule is CCOC(=O)N(CC)[C@@H](Cc1cn(Cc2ccccc2)cn1)C(=O)OC. The van der Waals surface area contributed by atoms with E-state index in [1.165, 1.54) is 12.0 Å². The average Bonchev–Trinajstić information content (AvgIpc) is 3.09. The van der Waals surface area contributed by atoms with Crippen LogP contribution in [0.2, 0.25) is 0 Å². The average molecular weight is 359 g/mol. The standard InChI is InChI=1S/C19H25N3O4/c1-4-22(19(24)26-5-2)17(18(23)25-3)11-16-13-21(14-20-16)12-15-9-7-6-8-10-15/h6-10,13-14,17H,4-5,11-12H2,1-3H3/t17-/m0/s1. The van der Waals surface area contributed by atoms with Crippen molar-refractivity contribution in [2.24, 2.45) is 0 Å². The van der Waals surface area contributed by atoms with Crippen LogP contribution in [-0.2, 0) is 27.2 Å². The van der Waals surface area contributed by atoms with Gasteiger partial charge < -0.3 is 14.0 Å². The van der Waals surface area contributed by atoms with E-state index in [1.54, 1.807) is 20.2 Å². The molecule has 1 amide bonds. The van der Waals surface area contributed by atoms with Crippen LogP contribution in [0.15, 0.2) is 42.9 Å². The number of likely N-dealkylation sites (N-methyl/N-ethyl adjacent to an activating group) is 1. The Balaban J connectivity index is 2.13. The van der Waals surface area contributed by atoms with E-state index in [0.29, 0.717) is 18.8 Å². The number of imidazole rings is 1. The van der Waals surface area contributed by atoms with Gasteiger partial charge in [0.25, 0.3) is 0 Å². The highest BCUT2D eigenvalue weighted by Crippen LogP contribution is 2.12. The van der Waals surface area contributed by atoms with Gasteiger partial charge in [-0.2, -0.15) is 0 Å². The van der Waals surface area contributed by atoms with Crippen molar-refractivity contribution in [3.8, 4) is 0 Å². The Kier molecular flexibility index (Phi) is 7.20. The number of nitrogens with zero attached hydrogens (tertiary/aromatic N) is 3. The van der Waals surface area contributed by atoms with Crippen LogP contribution in [-0.4, -0.2) is 52.8 Å². The van der Waals surface area contributed by atoms with E-state index in [9.17, 15) is 9.59 Å². The minimum Gasteiger partial charge on any atom is -0.467 e. The predicted molar refractivity (Wildman–Crippen MR) is 96.7 cm³/mol. The van der Waals surface area contributed by atoms with Crippen molar-refractivity contribution < 1.29 is 19.1 Å². The maximum atomic E-state index is 12.2. The summed E-state index contributed by atoms with van der Waals surface area (Å²) in [6, 6.07) is 9.24. The normalized spacial score (nSPS) is 11.7. The molecule has 0 aliphatic heterocycles. The van der Waals surface area contributed by atoms with Gasteiger partial charge >= 0.3 is 12.1 Å². The minimum absolute atomic E-state index is 0.245. The highest BCUT2D eigenvalue weighted by atomic mass is 16.6. The van der Waals surface area contributed by atoms with Crippen LogP contribution in [0.5, 0.6) is 0 Å². The van der Waals surface area contributed by atoms with Crippen molar-refractivity contribution >= 4 is 12.1 Å². The van der Waals surface area contributed by atoms with E-state index in [-0.39, 0.29) is 13.0 Å². The maximum absolute atomic E-state index is 12.2. The van der Waals surface area contributed by atoms with E-state index in [4.69, 9.17) is 9.47 Å². The first kappa shape index (κ1) is 19.5. The summed E-state index contributed by atoms with van der Waals surface area (Å²) in [5, 5.41) is 0. The van der Waals surface area contributed by atoms with Crippen molar-refractivity contribution in [2.45, 2.75) is 32.9 Å². The Morgan fingerprint density at radius 3 is 2.58 bits per heavy atom. The van der Waals surface area contributed by atoms with E-state index >= 15 is 0 Å². The minimum atomic E-state index is -0.774. The first-order chi connectivity index (χ1) is 12.6. The second-order valence-electron chi connectivity index (χ2n) is 5.75. The fourth-order valence-electron chi connectivity index (χ4n) is 2.73. The fourth-order valence-corrected chi connectivity index (χ4v) is 2.73. The molecule has 2 rings (SSSR count). The first-order valence-electron chi connectivity index (χ1n) is 8.64. The van der Waals surface area contributed by atoms with Crippen molar-refractivity contribution in [3.63, 3.8) is 0 Å². The van der Waals surface area contributed by atoms with E-state index in [2.05, 4.69) is 4.98 Å². The topological polar surface area (TPSA) is 73.7 Å². The van der Waals surface area contributed by atoms with Gasteiger partial charge in [0.05, 0.1) is 25.7 Å². The van der Waals surface area contributed by atoms with Crippen LogP contribution in [0.3, 0.4) is 0 Å². The van der Waals surface area contributed by atoms with Crippen molar-refractivity contribution in [2.75, 3.05) is 20.3 Å². The molecule has 0 radical (unpaired) electrons. The molecule has 0 spiro atoms. The molecule has 0 bridgehead atoms. The zero-order valence-corrected chi connectivity index (χ0v) is 15.4. The molecule has 0 aliphatic carbocycles. The lowest BCUT2D eigenvalue weighted by atomic mass is 10.1. The highest BCUT2D eigenvalue weighted by Gasteiger charge is 2.31. The summed E-state index contributed by atoms with van der Waals surface area (Å²) < 4.78 is 11.9. The number of hydrogen-bond donors (Lipinski definition) is 0. The van der Waals surface area contributed by atoms with Gasteiger partial charge in [-0.1, -0.05) is 30.3 Å². The van der Waals surface area contributed by atoms with Crippen LogP contribution >= 0.6 is 0 Å². The molecule has 7 nitrogen and oxygen atoms in total. The number of benzene rings is 1. The Hall–Kier alpha value is -2.83. The lowest BCUT2D eigenvalue weighted by Gasteiger charge is -2.27. The maximum Gasteiger partial charge on any atom is 0.410 e. The third-order valence-electron chi connectivity index (χ3n) is 3.99. The second kappa shape index (κ2) is 9.60. The van der Waals surface area contributed by atoms with Crippen LogP contribution in [0, 0.1) is 0 Å². The molecular weight excluding hydrogens is 334 g/mol. The zero-order chi connectivity index (χ0) is 18.9. The number of ether oxygens (including phenoxy) is 2. The van der Waals surface area contributed by atoms with Gasteiger partial charge in [-0.25, -0.2) is 14.6 Å². The van der Waals surface area contributed by atoms with Gasteiger partial charge in [0, 0.05) is 25.7 Å². The summed E-state index contributed by atoms with van der Waals surface area (Å²) in [6.45, 7) is 4.79. The quantitative estimate of drug-likeness (QED) is 0.677. The predicted octanol–water partition coefficient (Wildman–Crippen LogP) is 2.49. The highest BCUT2D eigenvalue weighted by molar-refractivity contribution is 5.81. The molecule has 1 aromatic heterocycles. The number of hydrogen-bond acceptors (Lipinski definition) is 5. The van der Waals surface area contributed by atoms with Gasteiger partial charge in [0.2, 0.25) is 0 Å². The van der Waals surface area contributed by atoms with Gasteiger partial charge in [0.1, 0.15) is 6.04 Å². The Morgan fingerprint density at radius 1 is 1.23 bits per heavy atom. The summed E-state index contributed by atoms with van der Waals surface area (Å²) >= 11 is 0. The Labute approximate surface area is 153 Å². The van der Waals surface area contributed by atoms with Crippen LogP contribution in [0.1, 0.15) is 25.1 Å². The molecule has 0 N–H and O–H groups in total. The molecule has 7 heteroatoms. The van der Waals surface area contributed by atoms with E-state index in [0.717, 1.165) is 5.56 Å². The number of aromatic nitrogens is 2. The number of carbonyl (C=O) groups is 2. The van der Waals surface area contributed by atoms with Gasteiger partial charge in [0.15, 0.2) is 0 Å². The van der Waals surface area contributed by atoms with Gasteiger partial charge in [-0.3, -0.25) is 4.90 Å². The third kappa shape index (κ3) is 5.08. The van der Waals surface area contributed by atoms with Crippen LogP contribution in [0.4, 0.5) is 4.79 Å².